The molecule has 1 unspecified atom stereocenters. The zero-order valence-electron chi connectivity index (χ0n) is 9.80. The lowest BCUT2D eigenvalue weighted by Crippen LogP contribution is -2.56. The van der Waals surface area contributed by atoms with E-state index >= 15 is 0 Å². The van der Waals surface area contributed by atoms with Crippen molar-refractivity contribution >= 4 is 17.8 Å². The summed E-state index contributed by atoms with van der Waals surface area (Å²) in [4.78, 5) is 34.4. The first-order chi connectivity index (χ1) is 8.63. The number of rotatable bonds is 3. The Morgan fingerprint density at radius 2 is 2.11 bits per heavy atom. The van der Waals surface area contributed by atoms with Gasteiger partial charge in [0.05, 0.1) is 6.54 Å². The molecule has 1 rings (SSSR count). The van der Waals surface area contributed by atoms with Gasteiger partial charge in [-0.05, 0) is 6.92 Å². The first-order valence-electron chi connectivity index (χ1n) is 5.04. The molecular weight excluding hydrogens is 267 g/mol. The number of halogens is 3. The number of hydrogen-bond acceptors (Lipinski definition) is 3. The number of nitrogens with zero attached hydrogens (tertiary/aromatic N) is 1. The van der Waals surface area contributed by atoms with Crippen LogP contribution in [0.4, 0.5) is 18.0 Å². The number of urea groups is 1. The summed E-state index contributed by atoms with van der Waals surface area (Å²) in [6, 6.07) is -1.28. The third-order valence-electron chi connectivity index (χ3n) is 2.53. The third kappa shape index (κ3) is 2.62. The third-order valence-corrected chi connectivity index (χ3v) is 2.53. The Hall–Kier alpha value is -2.24. The molecule has 0 spiro atoms. The van der Waals surface area contributed by atoms with Crippen molar-refractivity contribution in [1.29, 1.82) is 0 Å². The van der Waals surface area contributed by atoms with E-state index in [9.17, 15) is 27.6 Å². The van der Waals surface area contributed by atoms with Gasteiger partial charge in [0, 0.05) is 0 Å². The fourth-order valence-electron chi connectivity index (χ4n) is 1.38. The molecule has 0 aliphatic carbocycles. The van der Waals surface area contributed by atoms with Gasteiger partial charge in [-0.3, -0.25) is 14.5 Å². The molecule has 0 aromatic heterocycles. The second-order valence-corrected chi connectivity index (χ2v) is 3.93. The molecule has 0 radical (unpaired) electrons. The van der Waals surface area contributed by atoms with E-state index in [1.54, 1.807) is 0 Å². The highest BCUT2D eigenvalue weighted by Crippen LogP contribution is 2.34. The summed E-state index contributed by atoms with van der Waals surface area (Å²) < 4.78 is 38.1. The number of terminal acetylenes is 1. The highest BCUT2D eigenvalue weighted by atomic mass is 19.4. The van der Waals surface area contributed by atoms with E-state index in [1.807, 2.05) is 0 Å². The number of imide groups is 1. The monoisotopic (exact) mass is 277 g/mol. The molecule has 6 nitrogen and oxygen atoms in total. The molecule has 0 bridgehead atoms. The number of alkyl halides is 3. The Balaban J connectivity index is 2.84. The molecule has 1 saturated heterocycles. The van der Waals surface area contributed by atoms with Gasteiger partial charge in [-0.2, -0.15) is 13.2 Å². The Morgan fingerprint density at radius 1 is 1.53 bits per heavy atom. The van der Waals surface area contributed by atoms with Gasteiger partial charge in [0.2, 0.25) is 11.4 Å². The highest BCUT2D eigenvalue weighted by molar-refractivity contribution is 6.09. The van der Waals surface area contributed by atoms with Crippen molar-refractivity contribution in [3.63, 3.8) is 0 Å². The summed E-state index contributed by atoms with van der Waals surface area (Å²) in [5.41, 5.74) is -3.02. The molecule has 104 valence electrons. The molecule has 1 atom stereocenters. The number of hydrogen-bond donors (Lipinski definition) is 2. The minimum absolute atomic E-state index is 0.154. The van der Waals surface area contributed by atoms with Crippen LogP contribution in [0.25, 0.3) is 0 Å². The maximum atomic E-state index is 12.7. The van der Waals surface area contributed by atoms with Crippen LogP contribution in [0.3, 0.4) is 0 Å². The SMILES string of the molecule is C#CCNC(=O)CN1C(=O)NC(C)(C(F)(F)F)C1=O. The number of amides is 4. The van der Waals surface area contributed by atoms with Crippen molar-refractivity contribution in [3.05, 3.63) is 0 Å². The van der Waals surface area contributed by atoms with Crippen LogP contribution >= 0.6 is 0 Å². The average molecular weight is 277 g/mol. The lowest BCUT2D eigenvalue weighted by Gasteiger charge is -2.24. The Morgan fingerprint density at radius 3 is 2.53 bits per heavy atom. The van der Waals surface area contributed by atoms with E-state index < -0.39 is 36.1 Å². The predicted octanol–water partition coefficient (Wildman–Crippen LogP) is -0.391. The summed E-state index contributed by atoms with van der Waals surface area (Å²) in [7, 11) is 0. The molecular formula is C10H10F3N3O3. The van der Waals surface area contributed by atoms with E-state index in [-0.39, 0.29) is 11.4 Å². The quantitative estimate of drug-likeness (QED) is 0.544. The fraction of sp³-hybridized carbons (Fsp3) is 0.500. The lowest BCUT2D eigenvalue weighted by molar-refractivity contribution is -0.191. The van der Waals surface area contributed by atoms with Gasteiger partial charge < -0.3 is 10.6 Å². The molecule has 0 aromatic carbocycles. The second-order valence-electron chi connectivity index (χ2n) is 3.93. The van der Waals surface area contributed by atoms with Crippen LogP contribution in [0.15, 0.2) is 0 Å². The first kappa shape index (κ1) is 14.8. The van der Waals surface area contributed by atoms with Crippen molar-refractivity contribution in [2.75, 3.05) is 13.1 Å². The van der Waals surface area contributed by atoms with Gasteiger partial charge in [-0.1, -0.05) is 5.92 Å². The van der Waals surface area contributed by atoms with Crippen molar-refractivity contribution in [1.82, 2.24) is 15.5 Å². The van der Waals surface area contributed by atoms with E-state index in [0.717, 1.165) is 0 Å². The molecule has 1 fully saturated rings. The van der Waals surface area contributed by atoms with Gasteiger partial charge in [-0.25, -0.2) is 4.79 Å². The molecule has 0 aromatic rings. The van der Waals surface area contributed by atoms with Gasteiger partial charge in [0.1, 0.15) is 6.54 Å². The minimum Gasteiger partial charge on any atom is -0.344 e. The number of carbonyl (C=O) groups is 3. The van der Waals surface area contributed by atoms with E-state index in [1.165, 1.54) is 5.32 Å². The first-order valence-corrected chi connectivity index (χ1v) is 5.04. The van der Waals surface area contributed by atoms with Crippen LogP contribution in [0.5, 0.6) is 0 Å². The summed E-state index contributed by atoms with van der Waals surface area (Å²) >= 11 is 0. The molecule has 4 amide bonds. The van der Waals surface area contributed by atoms with E-state index in [2.05, 4.69) is 11.2 Å². The Bertz CT molecular complexity index is 469. The molecule has 19 heavy (non-hydrogen) atoms. The molecule has 1 heterocycles. The standard InChI is InChI=1S/C10H10F3N3O3/c1-3-4-14-6(17)5-16-7(18)9(2,10(11,12)13)15-8(16)19/h1H,4-5H2,2H3,(H,14,17)(H,15,19). The number of carbonyl (C=O) groups excluding carboxylic acids is 3. The van der Waals surface area contributed by atoms with Crippen molar-refractivity contribution < 1.29 is 27.6 Å². The highest BCUT2D eigenvalue weighted by Gasteiger charge is 2.64. The van der Waals surface area contributed by atoms with Crippen molar-refractivity contribution in [2.45, 2.75) is 18.6 Å². The summed E-state index contributed by atoms with van der Waals surface area (Å²) in [5, 5.41) is 3.66. The summed E-state index contributed by atoms with van der Waals surface area (Å²) in [5.74, 6) is -0.283. The zero-order chi connectivity index (χ0) is 14.8. The van der Waals surface area contributed by atoms with Crippen LogP contribution in [0.2, 0.25) is 0 Å². The molecule has 0 saturated carbocycles. The predicted molar refractivity (Wildman–Crippen MR) is 56.5 cm³/mol. The lowest BCUT2D eigenvalue weighted by atomic mass is 10.0. The molecule has 2 N–H and O–H groups in total. The Kier molecular flexibility index (Phi) is 3.74. The van der Waals surface area contributed by atoms with E-state index in [0.29, 0.717) is 6.92 Å². The molecule has 1 aliphatic rings. The van der Waals surface area contributed by atoms with Gasteiger partial charge in [0.25, 0.3) is 5.91 Å². The minimum atomic E-state index is -4.95. The van der Waals surface area contributed by atoms with Crippen LogP contribution in [-0.2, 0) is 9.59 Å². The van der Waals surface area contributed by atoms with Gasteiger partial charge in [0.15, 0.2) is 0 Å². The van der Waals surface area contributed by atoms with Gasteiger partial charge >= 0.3 is 12.2 Å². The normalized spacial score (nSPS) is 23.0. The number of nitrogens with one attached hydrogen (secondary N) is 2. The topological polar surface area (TPSA) is 78.5 Å². The van der Waals surface area contributed by atoms with Crippen LogP contribution in [0.1, 0.15) is 6.92 Å². The van der Waals surface area contributed by atoms with Crippen molar-refractivity contribution in [2.24, 2.45) is 0 Å². The van der Waals surface area contributed by atoms with Crippen LogP contribution in [-0.4, -0.2) is 47.6 Å². The largest absolute Gasteiger partial charge is 0.420 e. The van der Waals surface area contributed by atoms with Crippen molar-refractivity contribution in [3.8, 4) is 12.3 Å². The molecule has 1 aliphatic heterocycles. The average Bonchev–Trinajstić information content (AvgIpc) is 2.50. The second kappa shape index (κ2) is 4.79. The molecule has 9 heteroatoms. The zero-order valence-corrected chi connectivity index (χ0v) is 9.80. The van der Waals surface area contributed by atoms with E-state index in [4.69, 9.17) is 6.42 Å². The summed E-state index contributed by atoms with van der Waals surface area (Å²) in [6.07, 6.45) is -0.0882. The fourth-order valence-corrected chi connectivity index (χ4v) is 1.38. The van der Waals surface area contributed by atoms with Crippen LogP contribution in [0, 0.1) is 12.3 Å². The van der Waals surface area contributed by atoms with Gasteiger partial charge in [-0.15, -0.1) is 6.42 Å². The maximum absolute atomic E-state index is 12.7. The van der Waals surface area contributed by atoms with Crippen LogP contribution < -0.4 is 10.6 Å². The Labute approximate surface area is 106 Å². The summed E-state index contributed by atoms with van der Waals surface area (Å²) in [6.45, 7) is -0.441. The maximum Gasteiger partial charge on any atom is 0.420 e. The smallest absolute Gasteiger partial charge is 0.344 e.